The Balaban J connectivity index is 2.50. The molecule has 1 aromatic rings. The van der Waals surface area contributed by atoms with Crippen molar-refractivity contribution in [3.05, 3.63) is 15.6 Å². The minimum absolute atomic E-state index is 0.112. The number of aromatic nitrogens is 1. The van der Waals surface area contributed by atoms with Gasteiger partial charge in [0.2, 0.25) is 0 Å². The number of carboxylic acids is 1. The Hall–Kier alpha value is -1.15. The molecular weight excluding hydrogens is 307 g/mol. The molecule has 0 bridgehead atoms. The van der Waals surface area contributed by atoms with Crippen LogP contribution in [0.15, 0.2) is 0 Å². The van der Waals surface area contributed by atoms with Crippen LogP contribution >= 0.6 is 11.3 Å². The summed E-state index contributed by atoms with van der Waals surface area (Å²) in [5.74, 6) is -1.31. The van der Waals surface area contributed by atoms with E-state index < -0.39 is 28.3 Å². The molecule has 21 heavy (non-hydrogen) atoms. The highest BCUT2D eigenvalue weighted by Crippen LogP contribution is 2.46. The number of alkyl halides is 3. The van der Waals surface area contributed by atoms with Crippen molar-refractivity contribution >= 4 is 17.3 Å². The lowest BCUT2D eigenvalue weighted by atomic mass is 9.79. The van der Waals surface area contributed by atoms with Gasteiger partial charge in [-0.25, -0.2) is 9.78 Å². The van der Waals surface area contributed by atoms with Crippen LogP contribution in [-0.2, 0) is 16.5 Å². The van der Waals surface area contributed by atoms with Gasteiger partial charge in [0.1, 0.15) is 15.5 Å². The number of nitrogens with zero attached hydrogens (tertiary/aromatic N) is 1. The highest BCUT2D eigenvalue weighted by atomic mass is 32.1. The number of ether oxygens (including phenoxy) is 1. The van der Waals surface area contributed by atoms with Gasteiger partial charge in [0.25, 0.3) is 0 Å². The van der Waals surface area contributed by atoms with Gasteiger partial charge in [-0.3, -0.25) is 0 Å². The summed E-state index contributed by atoms with van der Waals surface area (Å²) < 4.78 is 44.3. The molecule has 118 valence electrons. The van der Waals surface area contributed by atoms with E-state index in [4.69, 9.17) is 9.84 Å². The molecule has 0 amide bonds. The third kappa shape index (κ3) is 3.06. The normalized spacial score (nSPS) is 26.8. The van der Waals surface area contributed by atoms with Crippen LogP contribution in [0.25, 0.3) is 0 Å². The van der Waals surface area contributed by atoms with Crippen molar-refractivity contribution in [2.75, 3.05) is 7.11 Å². The SMILES string of the molecule is COC1(c2nc(C(F)(F)F)c(C(=O)O)s2)CCCC(C)C1. The zero-order valence-electron chi connectivity index (χ0n) is 11.7. The predicted octanol–water partition coefficient (Wildman–Crippen LogP) is 3.91. The monoisotopic (exact) mass is 323 g/mol. The second-order valence-electron chi connectivity index (χ2n) is 5.40. The van der Waals surface area contributed by atoms with Gasteiger partial charge < -0.3 is 9.84 Å². The molecule has 4 nitrogen and oxygen atoms in total. The van der Waals surface area contributed by atoms with E-state index in [-0.39, 0.29) is 5.01 Å². The number of hydrogen-bond acceptors (Lipinski definition) is 4. The van der Waals surface area contributed by atoms with Crippen LogP contribution < -0.4 is 0 Å². The first-order valence-corrected chi connectivity index (χ1v) is 7.38. The summed E-state index contributed by atoms with van der Waals surface area (Å²) in [6.07, 6.45) is -1.88. The van der Waals surface area contributed by atoms with E-state index in [1.165, 1.54) is 7.11 Å². The Bertz CT molecular complexity index is 543. The molecule has 0 radical (unpaired) electrons. The average Bonchev–Trinajstić information content (AvgIpc) is 2.84. The summed E-state index contributed by atoms with van der Waals surface area (Å²) in [5.41, 5.74) is -2.24. The van der Waals surface area contributed by atoms with E-state index in [0.29, 0.717) is 30.1 Å². The Morgan fingerprint density at radius 2 is 2.19 bits per heavy atom. The third-order valence-corrected chi connectivity index (χ3v) is 5.05. The van der Waals surface area contributed by atoms with Gasteiger partial charge in [-0.1, -0.05) is 13.3 Å². The van der Waals surface area contributed by atoms with Crippen molar-refractivity contribution < 1.29 is 27.8 Å². The van der Waals surface area contributed by atoms with Gasteiger partial charge in [0.15, 0.2) is 5.69 Å². The molecule has 2 unspecified atom stereocenters. The molecule has 2 atom stereocenters. The molecule has 8 heteroatoms. The number of carboxylic acid groups (broad SMARTS) is 1. The van der Waals surface area contributed by atoms with Gasteiger partial charge in [-0.2, -0.15) is 13.2 Å². The van der Waals surface area contributed by atoms with Crippen molar-refractivity contribution in [3.8, 4) is 0 Å². The number of hydrogen-bond donors (Lipinski definition) is 1. The summed E-state index contributed by atoms with van der Waals surface area (Å²) in [6, 6.07) is 0. The summed E-state index contributed by atoms with van der Waals surface area (Å²) in [6.45, 7) is 2.00. The number of halogens is 3. The Morgan fingerprint density at radius 1 is 1.52 bits per heavy atom. The molecule has 0 spiro atoms. The second-order valence-corrected chi connectivity index (χ2v) is 6.40. The molecule has 0 saturated heterocycles. The first-order valence-electron chi connectivity index (χ1n) is 6.56. The second kappa shape index (κ2) is 5.57. The molecule has 0 aliphatic heterocycles. The van der Waals surface area contributed by atoms with E-state index in [1.807, 2.05) is 6.92 Å². The maximum atomic E-state index is 12.9. The Morgan fingerprint density at radius 3 is 2.62 bits per heavy atom. The number of methoxy groups -OCH3 is 1. The summed E-state index contributed by atoms with van der Waals surface area (Å²) >= 11 is 0.571. The molecule has 1 aliphatic carbocycles. The van der Waals surface area contributed by atoms with Crippen molar-refractivity contribution in [2.24, 2.45) is 5.92 Å². The highest BCUT2D eigenvalue weighted by Gasteiger charge is 2.45. The fourth-order valence-corrected chi connectivity index (χ4v) is 3.95. The van der Waals surface area contributed by atoms with Crippen LogP contribution in [0, 0.1) is 5.92 Å². The summed E-state index contributed by atoms with van der Waals surface area (Å²) in [4.78, 5) is 13.9. The topological polar surface area (TPSA) is 59.4 Å². The van der Waals surface area contributed by atoms with E-state index in [1.54, 1.807) is 0 Å². The van der Waals surface area contributed by atoms with E-state index in [9.17, 15) is 18.0 Å². The van der Waals surface area contributed by atoms with Gasteiger partial charge in [-0.15, -0.1) is 11.3 Å². The zero-order valence-corrected chi connectivity index (χ0v) is 12.5. The van der Waals surface area contributed by atoms with Crippen LogP contribution in [0.3, 0.4) is 0 Å². The molecule has 1 saturated carbocycles. The zero-order chi connectivity index (χ0) is 15.8. The fourth-order valence-electron chi connectivity index (χ4n) is 2.82. The largest absolute Gasteiger partial charge is 0.477 e. The Labute approximate surface area is 124 Å². The molecule has 2 rings (SSSR count). The van der Waals surface area contributed by atoms with Crippen LogP contribution in [0.4, 0.5) is 13.2 Å². The standard InChI is InChI=1S/C13H16F3NO3S/c1-7-4-3-5-12(6-7,20-2)11-17-9(13(14,15)16)8(21-11)10(18)19/h7H,3-6H2,1-2H3,(H,18,19). The van der Waals surface area contributed by atoms with Gasteiger partial charge in [0, 0.05) is 7.11 Å². The van der Waals surface area contributed by atoms with Crippen LogP contribution in [-0.4, -0.2) is 23.2 Å². The van der Waals surface area contributed by atoms with E-state index in [2.05, 4.69) is 4.98 Å². The lowest BCUT2D eigenvalue weighted by Crippen LogP contribution is -2.34. The van der Waals surface area contributed by atoms with E-state index >= 15 is 0 Å². The van der Waals surface area contributed by atoms with Crippen molar-refractivity contribution in [1.82, 2.24) is 4.98 Å². The molecule has 1 aliphatic rings. The molecular formula is C13H16F3NO3S. The maximum Gasteiger partial charge on any atom is 0.435 e. The number of rotatable bonds is 3. The summed E-state index contributed by atoms with van der Waals surface area (Å²) in [5, 5.41) is 9.09. The van der Waals surface area contributed by atoms with Crippen LogP contribution in [0.1, 0.15) is 53.0 Å². The first-order chi connectivity index (χ1) is 9.69. The Kier molecular flexibility index (Phi) is 4.30. The third-order valence-electron chi connectivity index (χ3n) is 3.83. The molecule has 1 fully saturated rings. The molecule has 0 aromatic carbocycles. The lowest BCUT2D eigenvalue weighted by Gasteiger charge is -2.37. The quantitative estimate of drug-likeness (QED) is 0.916. The van der Waals surface area contributed by atoms with Gasteiger partial charge in [0.05, 0.1) is 0 Å². The fraction of sp³-hybridized carbons (Fsp3) is 0.692. The lowest BCUT2D eigenvalue weighted by molar-refractivity contribution is -0.141. The van der Waals surface area contributed by atoms with Crippen molar-refractivity contribution in [3.63, 3.8) is 0 Å². The average molecular weight is 323 g/mol. The van der Waals surface area contributed by atoms with E-state index in [0.717, 1.165) is 12.8 Å². The minimum Gasteiger partial charge on any atom is -0.477 e. The van der Waals surface area contributed by atoms with Crippen LogP contribution in [0.5, 0.6) is 0 Å². The first kappa shape index (κ1) is 16.2. The van der Waals surface area contributed by atoms with Crippen LogP contribution in [0.2, 0.25) is 0 Å². The summed E-state index contributed by atoms with van der Waals surface area (Å²) in [7, 11) is 1.44. The van der Waals surface area contributed by atoms with Crippen molar-refractivity contribution in [1.29, 1.82) is 0 Å². The molecule has 1 aromatic heterocycles. The van der Waals surface area contributed by atoms with Crippen molar-refractivity contribution in [2.45, 2.75) is 44.4 Å². The predicted molar refractivity (Wildman–Crippen MR) is 70.4 cm³/mol. The van der Waals surface area contributed by atoms with Gasteiger partial charge in [-0.05, 0) is 25.2 Å². The molecule has 1 heterocycles. The highest BCUT2D eigenvalue weighted by molar-refractivity contribution is 7.13. The number of thiazole rings is 1. The minimum atomic E-state index is -4.78. The number of aromatic carboxylic acids is 1. The maximum absolute atomic E-state index is 12.9. The number of carbonyl (C=O) groups is 1. The smallest absolute Gasteiger partial charge is 0.435 e. The molecule has 1 N–H and O–H groups in total. The van der Waals surface area contributed by atoms with Gasteiger partial charge >= 0.3 is 12.1 Å².